The van der Waals surface area contributed by atoms with Crippen LogP contribution in [-0.4, -0.2) is 36.9 Å². The average molecular weight is 428 g/mol. The summed E-state index contributed by atoms with van der Waals surface area (Å²) in [6.07, 6.45) is 0.479. The number of para-hydroxylation sites is 1. The lowest BCUT2D eigenvalue weighted by atomic mass is 10.0. The summed E-state index contributed by atoms with van der Waals surface area (Å²) in [6, 6.07) is 5.89. The van der Waals surface area contributed by atoms with E-state index in [1.54, 1.807) is 18.2 Å². The number of aromatic nitrogens is 1. The molecule has 0 fully saturated rings. The van der Waals surface area contributed by atoms with Gasteiger partial charge in [0.1, 0.15) is 11.4 Å². The van der Waals surface area contributed by atoms with E-state index in [1.807, 2.05) is 17.0 Å². The van der Waals surface area contributed by atoms with E-state index in [0.717, 1.165) is 12.1 Å². The van der Waals surface area contributed by atoms with Crippen molar-refractivity contribution in [3.63, 3.8) is 0 Å². The van der Waals surface area contributed by atoms with Gasteiger partial charge in [0.05, 0.1) is 24.5 Å². The molecular weight excluding hydrogens is 406 g/mol. The lowest BCUT2D eigenvalue weighted by molar-refractivity contribution is -0.143. The molecule has 0 aliphatic heterocycles. The quantitative estimate of drug-likeness (QED) is 0.316. The number of esters is 1. The summed E-state index contributed by atoms with van der Waals surface area (Å²) in [4.78, 5) is 28.0. The second-order valence-electron chi connectivity index (χ2n) is 5.84. The zero-order valence-electron chi connectivity index (χ0n) is 15.3. The Bertz CT molecular complexity index is 942. The fraction of sp³-hybridized carbons (Fsp3) is 0.353. The molecule has 1 unspecified atom stereocenters. The summed E-state index contributed by atoms with van der Waals surface area (Å²) < 4.78 is 38.0. The third-order valence-corrected chi connectivity index (χ3v) is 5.26. The maximum Gasteiger partial charge on any atom is 0.357 e. The third kappa shape index (κ3) is 6.59. The molecular formula is C17H21N3O6S2. The van der Waals surface area contributed by atoms with Gasteiger partial charge in [-0.2, -0.15) is 8.42 Å². The van der Waals surface area contributed by atoms with Gasteiger partial charge in [-0.1, -0.05) is 25.1 Å². The molecule has 2 rings (SSSR count). The van der Waals surface area contributed by atoms with E-state index in [1.165, 1.54) is 24.5 Å². The fourth-order valence-electron chi connectivity index (χ4n) is 2.45. The Morgan fingerprint density at radius 3 is 2.64 bits per heavy atom. The molecule has 3 N–H and O–H groups in total. The van der Waals surface area contributed by atoms with Crippen LogP contribution in [0.5, 0.6) is 0 Å². The molecule has 0 aliphatic carbocycles. The first-order valence-electron chi connectivity index (χ1n) is 8.35. The molecule has 1 aromatic heterocycles. The molecule has 0 radical (unpaired) electrons. The lowest BCUT2D eigenvalue weighted by Crippen LogP contribution is -2.32. The number of benzene rings is 1. The van der Waals surface area contributed by atoms with Crippen LogP contribution < -0.4 is 10.0 Å². The van der Waals surface area contributed by atoms with Crippen molar-refractivity contribution in [1.29, 1.82) is 0 Å². The topological polar surface area (TPSA) is 135 Å². The molecule has 0 bridgehead atoms. The lowest BCUT2D eigenvalue weighted by Gasteiger charge is -2.18. The summed E-state index contributed by atoms with van der Waals surface area (Å²) in [6.45, 7) is 1.95. The van der Waals surface area contributed by atoms with Crippen LogP contribution in [0.4, 0.5) is 5.69 Å². The van der Waals surface area contributed by atoms with E-state index >= 15 is 0 Å². The van der Waals surface area contributed by atoms with Crippen molar-refractivity contribution >= 4 is 39.2 Å². The van der Waals surface area contributed by atoms with Crippen molar-refractivity contribution < 1.29 is 27.3 Å². The van der Waals surface area contributed by atoms with Gasteiger partial charge < -0.3 is 10.1 Å². The standard InChI is InChI=1S/C17H21N3O6S2/c1-3-12-10-27-17(18-12)14(19-15(21)9-16(22)26-2)8-11-6-4-5-7-13(11)20-28(23,24)25/h4-7,10,14,20H,3,8-9H2,1-2H3,(H,19,21)(H,23,24,25). The SMILES string of the molecule is CCc1csc(C(Cc2ccccc2NS(=O)(=O)O)NC(=O)CC(=O)OC)n1. The Balaban J connectivity index is 2.29. The van der Waals surface area contributed by atoms with Crippen molar-refractivity contribution in [3.8, 4) is 0 Å². The zero-order valence-corrected chi connectivity index (χ0v) is 17.0. The summed E-state index contributed by atoms with van der Waals surface area (Å²) in [5, 5.41) is 5.24. The smallest absolute Gasteiger partial charge is 0.357 e. The number of nitrogens with one attached hydrogen (secondary N) is 2. The normalized spacial score (nSPS) is 12.2. The van der Waals surface area contributed by atoms with Crippen LogP contribution in [0.15, 0.2) is 29.6 Å². The molecule has 0 aliphatic rings. The van der Waals surface area contributed by atoms with Crippen LogP contribution in [0.1, 0.15) is 35.7 Å². The van der Waals surface area contributed by atoms with Crippen LogP contribution >= 0.6 is 11.3 Å². The number of rotatable bonds is 9. The summed E-state index contributed by atoms with van der Waals surface area (Å²) in [5.74, 6) is -1.21. The van der Waals surface area contributed by atoms with E-state index in [2.05, 4.69) is 15.0 Å². The number of amides is 1. The number of carbonyl (C=O) groups excluding carboxylic acids is 2. The van der Waals surface area contributed by atoms with Crippen LogP contribution in [0, 0.1) is 0 Å². The molecule has 28 heavy (non-hydrogen) atoms. The number of hydrogen-bond acceptors (Lipinski definition) is 7. The number of ether oxygens (including phenoxy) is 1. The monoisotopic (exact) mass is 427 g/mol. The Morgan fingerprint density at radius 2 is 2.04 bits per heavy atom. The highest BCUT2D eigenvalue weighted by Gasteiger charge is 2.22. The number of anilines is 1. The fourth-order valence-corrected chi connectivity index (χ4v) is 3.88. The van der Waals surface area contributed by atoms with Crippen molar-refractivity contribution in [2.75, 3.05) is 11.8 Å². The number of nitrogens with zero attached hydrogens (tertiary/aromatic N) is 1. The first-order chi connectivity index (χ1) is 13.2. The third-order valence-electron chi connectivity index (χ3n) is 3.78. The zero-order chi connectivity index (χ0) is 20.7. The minimum absolute atomic E-state index is 0.185. The van der Waals surface area contributed by atoms with E-state index in [9.17, 15) is 18.0 Å². The van der Waals surface area contributed by atoms with Crippen LogP contribution in [0.2, 0.25) is 0 Å². The van der Waals surface area contributed by atoms with Gasteiger partial charge in [0.15, 0.2) is 0 Å². The molecule has 1 amide bonds. The van der Waals surface area contributed by atoms with Gasteiger partial charge in [0, 0.05) is 11.8 Å². The van der Waals surface area contributed by atoms with E-state index in [4.69, 9.17) is 4.55 Å². The van der Waals surface area contributed by atoms with Gasteiger partial charge >= 0.3 is 16.3 Å². The number of aryl methyl sites for hydroxylation is 1. The molecule has 2 aromatic rings. The Morgan fingerprint density at radius 1 is 1.32 bits per heavy atom. The second kappa shape index (κ2) is 9.62. The van der Waals surface area contributed by atoms with Crippen molar-refractivity contribution in [1.82, 2.24) is 10.3 Å². The first kappa shape index (κ1) is 21.8. The molecule has 1 aromatic carbocycles. The number of thiazole rings is 1. The van der Waals surface area contributed by atoms with Crippen molar-refractivity contribution in [2.45, 2.75) is 32.2 Å². The number of carbonyl (C=O) groups is 2. The Kier molecular flexibility index (Phi) is 7.49. The van der Waals surface area contributed by atoms with Gasteiger partial charge in [-0.3, -0.25) is 18.9 Å². The van der Waals surface area contributed by atoms with Crippen LogP contribution in [-0.2, 0) is 37.5 Å². The highest BCUT2D eigenvalue weighted by molar-refractivity contribution is 7.87. The Labute approximate surface area is 167 Å². The van der Waals surface area contributed by atoms with Gasteiger partial charge in [-0.05, 0) is 18.1 Å². The summed E-state index contributed by atoms with van der Waals surface area (Å²) in [5.41, 5.74) is 1.58. The maximum atomic E-state index is 12.2. The van der Waals surface area contributed by atoms with Crippen molar-refractivity contribution in [2.24, 2.45) is 0 Å². The molecule has 0 spiro atoms. The van der Waals surface area contributed by atoms with Crippen LogP contribution in [0.25, 0.3) is 0 Å². The first-order valence-corrected chi connectivity index (χ1v) is 10.7. The molecule has 0 saturated carbocycles. The predicted octanol–water partition coefficient (Wildman–Crippen LogP) is 1.88. The summed E-state index contributed by atoms with van der Waals surface area (Å²) >= 11 is 1.36. The van der Waals surface area contributed by atoms with Crippen molar-refractivity contribution in [3.05, 3.63) is 45.9 Å². The predicted molar refractivity (Wildman–Crippen MR) is 104 cm³/mol. The number of methoxy groups -OCH3 is 1. The highest BCUT2D eigenvalue weighted by atomic mass is 32.2. The van der Waals surface area contributed by atoms with Gasteiger partial charge in [0.25, 0.3) is 0 Å². The molecule has 1 heterocycles. The average Bonchev–Trinajstić information content (AvgIpc) is 3.10. The molecule has 1 atom stereocenters. The molecule has 9 nitrogen and oxygen atoms in total. The van der Waals surface area contributed by atoms with E-state index in [-0.39, 0.29) is 12.1 Å². The van der Waals surface area contributed by atoms with E-state index < -0.39 is 34.6 Å². The Hall–Kier alpha value is -2.50. The molecule has 11 heteroatoms. The number of hydrogen-bond donors (Lipinski definition) is 3. The van der Waals surface area contributed by atoms with Crippen LogP contribution in [0.3, 0.4) is 0 Å². The van der Waals surface area contributed by atoms with E-state index in [0.29, 0.717) is 10.6 Å². The summed E-state index contributed by atoms with van der Waals surface area (Å²) in [7, 11) is -3.26. The van der Waals surface area contributed by atoms with Gasteiger partial charge in [-0.25, -0.2) is 4.98 Å². The largest absolute Gasteiger partial charge is 0.469 e. The highest BCUT2D eigenvalue weighted by Crippen LogP contribution is 2.26. The molecule has 0 saturated heterocycles. The van der Waals surface area contributed by atoms with Gasteiger partial charge in [-0.15, -0.1) is 11.3 Å². The molecule has 152 valence electrons. The minimum Gasteiger partial charge on any atom is -0.469 e. The van der Waals surface area contributed by atoms with Gasteiger partial charge in [0.2, 0.25) is 5.91 Å². The second-order valence-corrected chi connectivity index (χ2v) is 7.89. The minimum atomic E-state index is -4.45. The maximum absolute atomic E-state index is 12.2.